The summed E-state index contributed by atoms with van der Waals surface area (Å²) < 4.78 is 2.08. The minimum Gasteiger partial charge on any atom is -0.329 e. The van der Waals surface area contributed by atoms with Crippen LogP contribution in [0.15, 0.2) is 12.3 Å². The van der Waals surface area contributed by atoms with Crippen molar-refractivity contribution in [3.05, 3.63) is 18.0 Å². The average Bonchev–Trinajstić information content (AvgIpc) is 2.89. The van der Waals surface area contributed by atoms with Crippen molar-refractivity contribution in [1.82, 2.24) is 19.6 Å². The zero-order valence-electron chi connectivity index (χ0n) is 12.3. The second kappa shape index (κ2) is 7.03. The molecule has 2 N–H and O–H groups in total. The van der Waals surface area contributed by atoms with Gasteiger partial charge in [0.25, 0.3) is 0 Å². The molecule has 1 atom stereocenters. The third-order valence-electron chi connectivity index (χ3n) is 4.00. The Kier molecular flexibility index (Phi) is 5.36. The van der Waals surface area contributed by atoms with Gasteiger partial charge >= 0.3 is 0 Å². The van der Waals surface area contributed by atoms with Gasteiger partial charge in [0.1, 0.15) is 0 Å². The van der Waals surface area contributed by atoms with Crippen molar-refractivity contribution in [3.63, 3.8) is 0 Å². The van der Waals surface area contributed by atoms with Crippen molar-refractivity contribution < 1.29 is 0 Å². The monoisotopic (exact) mass is 265 g/mol. The lowest BCUT2D eigenvalue weighted by Crippen LogP contribution is -2.47. The van der Waals surface area contributed by atoms with Crippen LogP contribution in [0.4, 0.5) is 0 Å². The van der Waals surface area contributed by atoms with Gasteiger partial charge in [0.2, 0.25) is 0 Å². The van der Waals surface area contributed by atoms with Crippen LogP contribution >= 0.6 is 0 Å². The molecule has 5 nitrogen and oxygen atoms in total. The fourth-order valence-corrected chi connectivity index (χ4v) is 2.48. The molecule has 1 unspecified atom stereocenters. The Bertz CT molecular complexity index is 368. The number of piperazine rings is 1. The summed E-state index contributed by atoms with van der Waals surface area (Å²) in [4.78, 5) is 4.92. The highest BCUT2D eigenvalue weighted by Gasteiger charge is 2.17. The Morgan fingerprint density at radius 2 is 1.95 bits per heavy atom. The first kappa shape index (κ1) is 14.5. The van der Waals surface area contributed by atoms with E-state index in [4.69, 9.17) is 5.73 Å². The minimum absolute atomic E-state index is 0.496. The van der Waals surface area contributed by atoms with E-state index < -0.39 is 0 Å². The molecule has 0 spiro atoms. The van der Waals surface area contributed by atoms with Gasteiger partial charge in [-0.05, 0) is 19.4 Å². The topological polar surface area (TPSA) is 50.3 Å². The van der Waals surface area contributed by atoms with E-state index in [1.807, 2.05) is 0 Å². The first-order valence-electron chi connectivity index (χ1n) is 7.41. The van der Waals surface area contributed by atoms with Crippen LogP contribution < -0.4 is 5.73 Å². The Morgan fingerprint density at radius 1 is 1.26 bits per heavy atom. The van der Waals surface area contributed by atoms with E-state index in [9.17, 15) is 0 Å². The quantitative estimate of drug-likeness (QED) is 0.831. The lowest BCUT2D eigenvalue weighted by molar-refractivity contribution is 0.128. The van der Waals surface area contributed by atoms with Crippen molar-refractivity contribution in [2.24, 2.45) is 5.73 Å². The summed E-state index contributed by atoms with van der Waals surface area (Å²) in [7, 11) is 0. The predicted octanol–water partition coefficient (Wildman–Crippen LogP) is 0.930. The zero-order valence-corrected chi connectivity index (χ0v) is 12.3. The van der Waals surface area contributed by atoms with E-state index >= 15 is 0 Å². The predicted molar refractivity (Wildman–Crippen MR) is 78.0 cm³/mol. The lowest BCUT2D eigenvalue weighted by Gasteiger charge is -2.34. The van der Waals surface area contributed by atoms with Gasteiger partial charge in [-0.1, -0.05) is 6.92 Å². The van der Waals surface area contributed by atoms with E-state index in [0.717, 1.165) is 52.2 Å². The van der Waals surface area contributed by atoms with Gasteiger partial charge in [-0.3, -0.25) is 14.5 Å². The maximum absolute atomic E-state index is 5.59. The second-order valence-electron chi connectivity index (χ2n) is 5.45. The van der Waals surface area contributed by atoms with Crippen LogP contribution in [-0.4, -0.2) is 58.8 Å². The fourth-order valence-electron chi connectivity index (χ4n) is 2.48. The molecular weight excluding hydrogens is 238 g/mol. The van der Waals surface area contributed by atoms with Crippen LogP contribution in [0.3, 0.4) is 0 Å². The molecule has 2 heterocycles. The average molecular weight is 265 g/mol. The molecule has 1 aliphatic heterocycles. The van der Waals surface area contributed by atoms with Gasteiger partial charge in [0, 0.05) is 58.1 Å². The van der Waals surface area contributed by atoms with Gasteiger partial charge in [0.05, 0.1) is 5.69 Å². The summed E-state index contributed by atoms with van der Waals surface area (Å²) in [6, 6.07) is 2.65. The third kappa shape index (κ3) is 4.03. The van der Waals surface area contributed by atoms with Crippen LogP contribution in [0.2, 0.25) is 0 Å². The summed E-state index contributed by atoms with van der Waals surface area (Å²) in [5.41, 5.74) is 6.78. The van der Waals surface area contributed by atoms with Gasteiger partial charge in [-0.15, -0.1) is 0 Å². The SMILES string of the molecule is CCC(C)n1ccc(CN2CCN(CCN)CC2)n1. The number of hydrogen-bond acceptors (Lipinski definition) is 4. The van der Waals surface area contributed by atoms with Crippen molar-refractivity contribution in [2.75, 3.05) is 39.3 Å². The number of nitrogens with two attached hydrogens (primary N) is 1. The third-order valence-corrected chi connectivity index (χ3v) is 4.00. The first-order chi connectivity index (χ1) is 9.22. The lowest BCUT2D eigenvalue weighted by atomic mass is 10.3. The van der Waals surface area contributed by atoms with E-state index in [-0.39, 0.29) is 0 Å². The van der Waals surface area contributed by atoms with Gasteiger partial charge in [0.15, 0.2) is 0 Å². The van der Waals surface area contributed by atoms with Crippen molar-refractivity contribution in [2.45, 2.75) is 32.9 Å². The second-order valence-corrected chi connectivity index (χ2v) is 5.45. The molecular formula is C14H27N5. The van der Waals surface area contributed by atoms with Crippen LogP contribution in [0.5, 0.6) is 0 Å². The Labute approximate surface area is 116 Å². The van der Waals surface area contributed by atoms with Gasteiger partial charge < -0.3 is 5.73 Å². The number of hydrogen-bond donors (Lipinski definition) is 1. The molecule has 0 aliphatic carbocycles. The summed E-state index contributed by atoms with van der Waals surface area (Å²) in [6.07, 6.45) is 3.23. The van der Waals surface area contributed by atoms with Gasteiger partial charge in [-0.2, -0.15) is 5.10 Å². The zero-order chi connectivity index (χ0) is 13.7. The highest BCUT2D eigenvalue weighted by Crippen LogP contribution is 2.11. The highest BCUT2D eigenvalue weighted by atomic mass is 15.3. The molecule has 0 saturated carbocycles. The minimum atomic E-state index is 0.496. The summed E-state index contributed by atoms with van der Waals surface area (Å²) >= 11 is 0. The van der Waals surface area contributed by atoms with Crippen molar-refractivity contribution >= 4 is 0 Å². The fraction of sp³-hybridized carbons (Fsp3) is 0.786. The van der Waals surface area contributed by atoms with Crippen LogP contribution in [-0.2, 0) is 6.54 Å². The smallest absolute Gasteiger partial charge is 0.0764 e. The molecule has 19 heavy (non-hydrogen) atoms. The van der Waals surface area contributed by atoms with E-state index in [0.29, 0.717) is 6.04 Å². The summed E-state index contributed by atoms with van der Waals surface area (Å²) in [6.45, 7) is 11.7. The summed E-state index contributed by atoms with van der Waals surface area (Å²) in [5.74, 6) is 0. The normalized spacial score (nSPS) is 19.7. The van der Waals surface area contributed by atoms with E-state index in [1.54, 1.807) is 0 Å². The molecule has 1 aliphatic rings. The Morgan fingerprint density at radius 3 is 2.58 bits per heavy atom. The molecule has 1 aromatic heterocycles. The van der Waals surface area contributed by atoms with Crippen LogP contribution in [0.25, 0.3) is 0 Å². The maximum atomic E-state index is 5.59. The van der Waals surface area contributed by atoms with Crippen molar-refractivity contribution in [1.29, 1.82) is 0 Å². The van der Waals surface area contributed by atoms with E-state index in [2.05, 4.69) is 45.7 Å². The molecule has 1 aromatic rings. The molecule has 108 valence electrons. The van der Waals surface area contributed by atoms with E-state index in [1.165, 1.54) is 5.69 Å². The van der Waals surface area contributed by atoms with Crippen LogP contribution in [0.1, 0.15) is 32.0 Å². The molecule has 0 bridgehead atoms. The van der Waals surface area contributed by atoms with Crippen LogP contribution in [0, 0.1) is 0 Å². The molecule has 1 fully saturated rings. The molecule has 2 rings (SSSR count). The number of aromatic nitrogens is 2. The molecule has 1 saturated heterocycles. The molecule has 0 aromatic carbocycles. The standard InChI is InChI=1S/C14H27N5/c1-3-13(2)19-6-4-14(16-19)12-18-10-8-17(7-5-15)9-11-18/h4,6,13H,3,5,7-12,15H2,1-2H3. The maximum Gasteiger partial charge on any atom is 0.0764 e. The van der Waals surface area contributed by atoms with Gasteiger partial charge in [-0.25, -0.2) is 0 Å². The highest BCUT2D eigenvalue weighted by molar-refractivity contribution is 5.00. The Hall–Kier alpha value is -0.910. The summed E-state index contributed by atoms with van der Waals surface area (Å²) in [5, 5.41) is 4.67. The first-order valence-corrected chi connectivity index (χ1v) is 7.41. The Balaban J connectivity index is 1.80. The molecule has 0 amide bonds. The largest absolute Gasteiger partial charge is 0.329 e. The van der Waals surface area contributed by atoms with Crippen molar-refractivity contribution in [3.8, 4) is 0 Å². The molecule has 5 heteroatoms. The molecule has 0 radical (unpaired) electrons. The number of nitrogens with zero attached hydrogens (tertiary/aromatic N) is 4. The number of rotatable bonds is 6.